The van der Waals surface area contributed by atoms with Crippen LogP contribution in [-0.4, -0.2) is 37.4 Å². The number of benzene rings is 3. The molecular weight excluding hydrogens is 628 g/mol. The van der Waals surface area contributed by atoms with Gasteiger partial charge in [-0.3, -0.25) is 0 Å². The third kappa shape index (κ3) is 7.00. The summed E-state index contributed by atoms with van der Waals surface area (Å²) in [6.07, 6.45) is 0.891. The van der Waals surface area contributed by atoms with Crippen LogP contribution in [0.25, 0.3) is 0 Å². The minimum Gasteiger partial charge on any atom is -0.497 e. The lowest BCUT2D eigenvalue weighted by Gasteiger charge is -2.38. The summed E-state index contributed by atoms with van der Waals surface area (Å²) in [5.74, 6) is 2.14. The highest BCUT2D eigenvalue weighted by atomic mass is 79.9. The Morgan fingerprint density at radius 3 is 2.26 bits per heavy atom. The van der Waals surface area contributed by atoms with E-state index >= 15 is 0 Å². The molecule has 1 aliphatic rings. The van der Waals surface area contributed by atoms with Gasteiger partial charge >= 0.3 is 6.09 Å². The molecule has 1 atom stereocenters. The van der Waals surface area contributed by atoms with Gasteiger partial charge in [-0.25, -0.2) is 4.79 Å². The highest BCUT2D eigenvalue weighted by Gasteiger charge is 2.35. The third-order valence-corrected chi connectivity index (χ3v) is 7.68. The summed E-state index contributed by atoms with van der Waals surface area (Å²) in [5.41, 5.74) is 10.6. The molecule has 0 radical (unpaired) electrons. The molecule has 0 spiro atoms. The van der Waals surface area contributed by atoms with Crippen molar-refractivity contribution >= 4 is 43.6 Å². The van der Waals surface area contributed by atoms with Crippen LogP contribution in [-0.2, 0) is 24.2 Å². The number of amides is 1. The number of carbonyl (C=O) groups is 1. The van der Waals surface area contributed by atoms with Crippen LogP contribution in [0.4, 0.5) is 10.5 Å². The van der Waals surface area contributed by atoms with Gasteiger partial charge in [0.15, 0.2) is 0 Å². The molecule has 0 aliphatic carbocycles. The Morgan fingerprint density at radius 2 is 1.67 bits per heavy atom. The molecule has 0 saturated carbocycles. The van der Waals surface area contributed by atoms with Crippen molar-refractivity contribution in [3.8, 4) is 17.2 Å². The number of rotatable bonds is 7. The molecule has 1 aliphatic heterocycles. The van der Waals surface area contributed by atoms with Gasteiger partial charge in [0.1, 0.15) is 29.5 Å². The largest absolute Gasteiger partial charge is 0.497 e. The van der Waals surface area contributed by atoms with Crippen LogP contribution in [0.3, 0.4) is 0 Å². The lowest BCUT2D eigenvalue weighted by Crippen LogP contribution is -2.43. The lowest BCUT2D eigenvalue weighted by atomic mass is 9.88. The molecule has 208 valence electrons. The lowest BCUT2D eigenvalue weighted by molar-refractivity contribution is 0.0141. The number of nitrogens with zero attached hydrogens (tertiary/aromatic N) is 1. The summed E-state index contributed by atoms with van der Waals surface area (Å²) in [7, 11) is 3.27. The van der Waals surface area contributed by atoms with E-state index in [9.17, 15) is 4.79 Å². The maximum absolute atomic E-state index is 13.3. The third-order valence-electron chi connectivity index (χ3n) is 6.50. The van der Waals surface area contributed by atoms with E-state index in [4.69, 9.17) is 24.7 Å². The zero-order valence-electron chi connectivity index (χ0n) is 22.8. The standard InChI is InChI=1S/C30H34Br2N2O5/c1-30(2,3)39-29(35)34-11-10-20-15-27(38-17-18-6-8-21(36-4)9-7-18)25(33)16-22(20)26(34)14-19-12-23(31)28(37-5)24(32)13-19/h6-9,12-13,15-16,26H,10-11,14,17,33H2,1-5H3. The summed E-state index contributed by atoms with van der Waals surface area (Å²) in [6, 6.07) is 15.4. The number of nitrogens with two attached hydrogens (primary N) is 1. The second-order valence-electron chi connectivity index (χ2n) is 10.5. The minimum atomic E-state index is -0.605. The van der Waals surface area contributed by atoms with Gasteiger partial charge in [0.2, 0.25) is 0 Å². The molecular formula is C30H34Br2N2O5. The van der Waals surface area contributed by atoms with Crippen molar-refractivity contribution in [3.63, 3.8) is 0 Å². The number of hydrogen-bond donors (Lipinski definition) is 1. The Hall–Kier alpha value is -2.91. The van der Waals surface area contributed by atoms with Crippen molar-refractivity contribution in [2.45, 2.75) is 51.9 Å². The Bertz CT molecular complexity index is 1320. The fraction of sp³-hybridized carbons (Fsp3) is 0.367. The summed E-state index contributed by atoms with van der Waals surface area (Å²) >= 11 is 7.20. The molecule has 0 bridgehead atoms. The van der Waals surface area contributed by atoms with Crippen LogP contribution in [0.5, 0.6) is 17.2 Å². The van der Waals surface area contributed by atoms with E-state index in [0.29, 0.717) is 37.4 Å². The summed E-state index contributed by atoms with van der Waals surface area (Å²) in [4.78, 5) is 15.1. The monoisotopic (exact) mass is 660 g/mol. The SMILES string of the molecule is COc1ccc(COc2cc3c(cc2N)C(Cc2cc(Br)c(OC)c(Br)c2)N(C(=O)OC(C)(C)C)CC3)cc1. The number of ether oxygens (including phenoxy) is 4. The molecule has 1 heterocycles. The molecule has 0 saturated heterocycles. The van der Waals surface area contributed by atoms with E-state index in [1.165, 1.54) is 0 Å². The first-order valence-corrected chi connectivity index (χ1v) is 14.3. The molecule has 0 aromatic heterocycles. The maximum atomic E-state index is 13.3. The van der Waals surface area contributed by atoms with Crippen LogP contribution in [0.1, 0.15) is 49.1 Å². The number of anilines is 1. The van der Waals surface area contributed by atoms with Crippen molar-refractivity contribution in [2.24, 2.45) is 0 Å². The van der Waals surface area contributed by atoms with Crippen LogP contribution < -0.4 is 19.9 Å². The summed E-state index contributed by atoms with van der Waals surface area (Å²) in [6.45, 7) is 6.53. The first kappa shape index (κ1) is 29.1. The van der Waals surface area contributed by atoms with Gasteiger partial charge in [-0.1, -0.05) is 12.1 Å². The molecule has 39 heavy (non-hydrogen) atoms. The first-order valence-electron chi connectivity index (χ1n) is 12.7. The van der Waals surface area contributed by atoms with Gasteiger partial charge in [-0.2, -0.15) is 0 Å². The van der Waals surface area contributed by atoms with Crippen molar-refractivity contribution in [1.29, 1.82) is 0 Å². The molecule has 2 N–H and O–H groups in total. The fourth-order valence-electron chi connectivity index (χ4n) is 4.66. The number of methoxy groups -OCH3 is 2. The quantitative estimate of drug-likeness (QED) is 0.265. The second-order valence-corrected chi connectivity index (χ2v) is 12.2. The highest BCUT2D eigenvalue weighted by molar-refractivity contribution is 9.11. The number of fused-ring (bicyclic) bond motifs is 1. The van der Waals surface area contributed by atoms with E-state index < -0.39 is 5.60 Å². The highest BCUT2D eigenvalue weighted by Crippen LogP contribution is 2.41. The Balaban J connectivity index is 1.65. The summed E-state index contributed by atoms with van der Waals surface area (Å²) in [5, 5.41) is 0. The normalized spacial score (nSPS) is 14.9. The zero-order chi connectivity index (χ0) is 28.3. The number of carbonyl (C=O) groups excluding carboxylic acids is 1. The van der Waals surface area contributed by atoms with E-state index in [1.807, 2.05) is 69.3 Å². The van der Waals surface area contributed by atoms with Crippen LogP contribution in [0.15, 0.2) is 57.5 Å². The molecule has 7 nitrogen and oxygen atoms in total. The van der Waals surface area contributed by atoms with Crippen molar-refractivity contribution in [1.82, 2.24) is 4.90 Å². The topological polar surface area (TPSA) is 83.3 Å². The van der Waals surface area contributed by atoms with E-state index in [0.717, 1.165) is 42.7 Å². The fourth-order valence-corrected chi connectivity index (χ4v) is 6.27. The van der Waals surface area contributed by atoms with E-state index in [1.54, 1.807) is 19.1 Å². The van der Waals surface area contributed by atoms with Crippen LogP contribution >= 0.6 is 31.9 Å². The molecule has 1 unspecified atom stereocenters. The summed E-state index contributed by atoms with van der Waals surface area (Å²) < 4.78 is 24.3. The molecule has 3 aromatic carbocycles. The van der Waals surface area contributed by atoms with Gasteiger partial charge in [-0.15, -0.1) is 0 Å². The smallest absolute Gasteiger partial charge is 0.410 e. The van der Waals surface area contributed by atoms with Crippen molar-refractivity contribution in [3.05, 3.63) is 79.7 Å². The van der Waals surface area contributed by atoms with Crippen molar-refractivity contribution in [2.75, 3.05) is 26.5 Å². The predicted octanol–water partition coefficient (Wildman–Crippen LogP) is 7.47. The minimum absolute atomic E-state index is 0.270. The Kier molecular flexibility index (Phi) is 9.01. The van der Waals surface area contributed by atoms with Crippen LogP contribution in [0, 0.1) is 0 Å². The average molecular weight is 662 g/mol. The predicted molar refractivity (Wildman–Crippen MR) is 160 cm³/mol. The Labute approximate surface area is 246 Å². The number of nitrogen functional groups attached to an aromatic ring is 1. The van der Waals surface area contributed by atoms with Crippen molar-refractivity contribution < 1.29 is 23.7 Å². The van der Waals surface area contributed by atoms with E-state index in [2.05, 4.69) is 31.9 Å². The number of hydrogen-bond acceptors (Lipinski definition) is 6. The zero-order valence-corrected chi connectivity index (χ0v) is 26.0. The first-order chi connectivity index (χ1) is 18.5. The van der Waals surface area contributed by atoms with Gasteiger partial charge in [0.25, 0.3) is 0 Å². The maximum Gasteiger partial charge on any atom is 0.410 e. The number of halogens is 2. The van der Waals surface area contributed by atoms with Gasteiger partial charge in [-0.05, 0) is 124 Å². The Morgan fingerprint density at radius 1 is 1.00 bits per heavy atom. The second kappa shape index (κ2) is 12.1. The molecule has 9 heteroatoms. The van der Waals surface area contributed by atoms with Gasteiger partial charge < -0.3 is 29.6 Å². The molecule has 3 aromatic rings. The van der Waals surface area contributed by atoms with Crippen LogP contribution in [0.2, 0.25) is 0 Å². The molecule has 4 rings (SSSR count). The molecule has 0 fully saturated rings. The van der Waals surface area contributed by atoms with Gasteiger partial charge in [0, 0.05) is 6.54 Å². The van der Waals surface area contributed by atoms with E-state index in [-0.39, 0.29) is 12.1 Å². The van der Waals surface area contributed by atoms with Gasteiger partial charge in [0.05, 0.1) is 34.9 Å². The molecule has 1 amide bonds. The average Bonchev–Trinajstić information content (AvgIpc) is 2.87.